The summed E-state index contributed by atoms with van der Waals surface area (Å²) in [7, 11) is 0. The summed E-state index contributed by atoms with van der Waals surface area (Å²) in [6, 6.07) is 11.9. The van der Waals surface area contributed by atoms with Gasteiger partial charge >= 0.3 is 0 Å². The summed E-state index contributed by atoms with van der Waals surface area (Å²) in [5.74, 6) is 2.39. The summed E-state index contributed by atoms with van der Waals surface area (Å²) in [6.07, 6.45) is 0. The lowest BCUT2D eigenvalue weighted by atomic mass is 10.2. The lowest BCUT2D eigenvalue weighted by molar-refractivity contribution is 0.171. The number of rotatable bonds is 1. The molecule has 0 saturated heterocycles. The predicted octanol–water partition coefficient (Wildman–Crippen LogP) is 3.76. The number of hydrogen-bond donors (Lipinski definition) is 1. The monoisotopic (exact) mass is 330 g/mol. The van der Waals surface area contributed by atoms with E-state index < -0.39 is 0 Å². The van der Waals surface area contributed by atoms with Gasteiger partial charge in [0, 0.05) is 10.0 Å². The number of nitrogens with zero attached hydrogens (tertiary/aromatic N) is 1. The van der Waals surface area contributed by atoms with Gasteiger partial charge in [0.1, 0.15) is 19.0 Å². The number of halogens is 1. The standard InChI is InChI=1S/C15H11BrN2O2/c16-10-2-3-11-12(8-10)18-15(17-11)9-1-4-13-14(7-9)20-6-5-19-13/h1-4,7-8H,5-6H2,(H,17,18). The van der Waals surface area contributed by atoms with Crippen molar-refractivity contribution in [2.24, 2.45) is 0 Å². The summed E-state index contributed by atoms with van der Waals surface area (Å²) in [5.41, 5.74) is 2.93. The zero-order valence-corrected chi connectivity index (χ0v) is 12.1. The largest absolute Gasteiger partial charge is 0.486 e. The molecule has 0 aliphatic carbocycles. The van der Waals surface area contributed by atoms with E-state index in [1.54, 1.807) is 0 Å². The smallest absolute Gasteiger partial charge is 0.162 e. The molecule has 0 atom stereocenters. The van der Waals surface area contributed by atoms with Crippen molar-refractivity contribution < 1.29 is 9.47 Å². The van der Waals surface area contributed by atoms with Crippen LogP contribution in [0.15, 0.2) is 40.9 Å². The van der Waals surface area contributed by atoms with Crippen LogP contribution in [0, 0.1) is 0 Å². The van der Waals surface area contributed by atoms with E-state index in [0.29, 0.717) is 13.2 Å². The summed E-state index contributed by atoms with van der Waals surface area (Å²) >= 11 is 3.46. The van der Waals surface area contributed by atoms with E-state index in [1.165, 1.54) is 0 Å². The van der Waals surface area contributed by atoms with Crippen molar-refractivity contribution in [2.75, 3.05) is 13.2 Å². The molecule has 2 heterocycles. The summed E-state index contributed by atoms with van der Waals surface area (Å²) < 4.78 is 12.2. The molecular formula is C15H11BrN2O2. The summed E-state index contributed by atoms with van der Waals surface area (Å²) in [4.78, 5) is 7.92. The van der Waals surface area contributed by atoms with Gasteiger partial charge in [-0.3, -0.25) is 0 Å². The maximum atomic E-state index is 5.60. The highest BCUT2D eigenvalue weighted by Crippen LogP contribution is 2.34. The Morgan fingerprint density at radius 2 is 1.85 bits per heavy atom. The molecule has 2 aromatic carbocycles. The van der Waals surface area contributed by atoms with Crippen molar-refractivity contribution in [3.63, 3.8) is 0 Å². The first kappa shape index (κ1) is 11.8. The van der Waals surface area contributed by atoms with Gasteiger partial charge in [-0.15, -0.1) is 0 Å². The number of H-pyrrole nitrogens is 1. The average Bonchev–Trinajstić information content (AvgIpc) is 2.89. The van der Waals surface area contributed by atoms with Crippen LogP contribution in [0.1, 0.15) is 0 Å². The van der Waals surface area contributed by atoms with Gasteiger partial charge in [0.2, 0.25) is 0 Å². The number of hydrogen-bond acceptors (Lipinski definition) is 3. The maximum absolute atomic E-state index is 5.60. The molecule has 0 radical (unpaired) electrons. The number of benzene rings is 2. The van der Waals surface area contributed by atoms with Crippen molar-refractivity contribution in [1.82, 2.24) is 9.97 Å². The molecule has 1 aliphatic rings. The third-order valence-corrected chi connectivity index (χ3v) is 3.75. The van der Waals surface area contributed by atoms with Gasteiger partial charge in [0.25, 0.3) is 0 Å². The van der Waals surface area contributed by atoms with Crippen LogP contribution >= 0.6 is 15.9 Å². The Morgan fingerprint density at radius 1 is 1.00 bits per heavy atom. The van der Waals surface area contributed by atoms with E-state index in [2.05, 4.69) is 25.9 Å². The average molecular weight is 331 g/mol. The zero-order chi connectivity index (χ0) is 13.5. The lowest BCUT2D eigenvalue weighted by Gasteiger charge is -2.18. The Labute approximate surface area is 123 Å². The molecule has 3 aromatic rings. The van der Waals surface area contributed by atoms with Gasteiger partial charge in [-0.05, 0) is 36.4 Å². The third kappa shape index (κ3) is 1.94. The Balaban J connectivity index is 1.82. The van der Waals surface area contributed by atoms with Crippen molar-refractivity contribution in [2.45, 2.75) is 0 Å². The molecule has 0 unspecified atom stereocenters. The van der Waals surface area contributed by atoms with Gasteiger partial charge < -0.3 is 14.5 Å². The Morgan fingerprint density at radius 3 is 2.75 bits per heavy atom. The molecule has 1 aliphatic heterocycles. The number of imidazole rings is 1. The van der Waals surface area contributed by atoms with Crippen LogP contribution in [0.3, 0.4) is 0 Å². The Kier molecular flexibility index (Phi) is 2.67. The molecule has 0 fully saturated rings. The van der Waals surface area contributed by atoms with Crippen LogP contribution in [-0.4, -0.2) is 23.2 Å². The Bertz CT molecular complexity index is 798. The van der Waals surface area contributed by atoms with Crippen LogP contribution in [0.4, 0.5) is 0 Å². The number of nitrogens with one attached hydrogen (secondary N) is 1. The molecule has 4 nitrogen and oxygen atoms in total. The molecule has 1 aromatic heterocycles. The van der Waals surface area contributed by atoms with E-state index in [4.69, 9.17) is 9.47 Å². The van der Waals surface area contributed by atoms with Crippen molar-refractivity contribution in [3.05, 3.63) is 40.9 Å². The molecule has 4 rings (SSSR count). The number of aromatic nitrogens is 2. The van der Waals surface area contributed by atoms with E-state index in [9.17, 15) is 0 Å². The fourth-order valence-electron chi connectivity index (χ4n) is 2.31. The van der Waals surface area contributed by atoms with Gasteiger partial charge in [-0.25, -0.2) is 4.98 Å². The van der Waals surface area contributed by atoms with Crippen LogP contribution in [0.5, 0.6) is 11.5 Å². The predicted molar refractivity (Wildman–Crippen MR) is 80.2 cm³/mol. The highest BCUT2D eigenvalue weighted by Gasteiger charge is 2.14. The second-order valence-corrected chi connectivity index (χ2v) is 5.52. The van der Waals surface area contributed by atoms with Crippen molar-refractivity contribution in [3.8, 4) is 22.9 Å². The molecule has 0 spiro atoms. The van der Waals surface area contributed by atoms with Gasteiger partial charge in [-0.1, -0.05) is 15.9 Å². The molecule has 1 N–H and O–H groups in total. The minimum Gasteiger partial charge on any atom is -0.486 e. The topological polar surface area (TPSA) is 47.1 Å². The first-order chi connectivity index (χ1) is 9.79. The number of ether oxygens (including phenoxy) is 2. The minimum absolute atomic E-state index is 0.587. The van der Waals surface area contributed by atoms with Crippen LogP contribution in [0.25, 0.3) is 22.4 Å². The normalized spacial score (nSPS) is 13.7. The highest BCUT2D eigenvalue weighted by atomic mass is 79.9. The van der Waals surface area contributed by atoms with Crippen LogP contribution < -0.4 is 9.47 Å². The summed E-state index contributed by atoms with van der Waals surface area (Å²) in [5, 5.41) is 0. The summed E-state index contributed by atoms with van der Waals surface area (Å²) in [6.45, 7) is 1.19. The maximum Gasteiger partial charge on any atom is 0.162 e. The SMILES string of the molecule is Brc1ccc2nc(-c3ccc4c(c3)OCCO4)[nH]c2c1. The third-order valence-electron chi connectivity index (χ3n) is 3.26. The quantitative estimate of drug-likeness (QED) is 0.738. The Hall–Kier alpha value is -2.01. The van der Waals surface area contributed by atoms with E-state index >= 15 is 0 Å². The second-order valence-electron chi connectivity index (χ2n) is 4.61. The fourth-order valence-corrected chi connectivity index (χ4v) is 2.67. The fraction of sp³-hybridized carbons (Fsp3) is 0.133. The highest BCUT2D eigenvalue weighted by molar-refractivity contribution is 9.10. The zero-order valence-electron chi connectivity index (χ0n) is 10.5. The first-order valence-electron chi connectivity index (χ1n) is 6.35. The van der Waals surface area contributed by atoms with Gasteiger partial charge in [0.05, 0.1) is 11.0 Å². The molecule has 0 amide bonds. The minimum atomic E-state index is 0.587. The molecule has 100 valence electrons. The number of aromatic amines is 1. The van der Waals surface area contributed by atoms with Gasteiger partial charge in [-0.2, -0.15) is 0 Å². The number of fused-ring (bicyclic) bond motifs is 2. The molecule has 0 bridgehead atoms. The van der Waals surface area contributed by atoms with Crippen molar-refractivity contribution >= 4 is 27.0 Å². The molecular weight excluding hydrogens is 320 g/mol. The van der Waals surface area contributed by atoms with Gasteiger partial charge in [0.15, 0.2) is 11.5 Å². The molecule has 5 heteroatoms. The van der Waals surface area contributed by atoms with Crippen molar-refractivity contribution in [1.29, 1.82) is 0 Å². The molecule has 0 saturated carbocycles. The van der Waals surface area contributed by atoms with Crippen LogP contribution in [-0.2, 0) is 0 Å². The lowest BCUT2D eigenvalue weighted by Crippen LogP contribution is -2.15. The second kappa shape index (κ2) is 4.52. The van der Waals surface area contributed by atoms with E-state index in [0.717, 1.165) is 38.4 Å². The van der Waals surface area contributed by atoms with E-state index in [1.807, 2.05) is 36.4 Å². The van der Waals surface area contributed by atoms with Crippen LogP contribution in [0.2, 0.25) is 0 Å². The van der Waals surface area contributed by atoms with E-state index in [-0.39, 0.29) is 0 Å². The first-order valence-corrected chi connectivity index (χ1v) is 7.14. The molecule has 20 heavy (non-hydrogen) atoms.